The molecule has 0 fully saturated rings. The van der Waals surface area contributed by atoms with Crippen molar-refractivity contribution in [3.8, 4) is 11.5 Å². The largest absolute Gasteiger partial charge is 0.454 e. The lowest BCUT2D eigenvalue weighted by molar-refractivity contribution is -0.137. The van der Waals surface area contributed by atoms with Crippen molar-refractivity contribution in [1.29, 1.82) is 0 Å². The third-order valence-electron chi connectivity index (χ3n) is 3.58. The maximum absolute atomic E-state index is 14.0. The second-order valence-corrected chi connectivity index (χ2v) is 7.82. The summed E-state index contributed by atoms with van der Waals surface area (Å²) in [6.07, 6.45) is -4.68. The lowest BCUT2D eigenvalue weighted by atomic mass is 10.1. The second-order valence-electron chi connectivity index (χ2n) is 5.29. The molecule has 0 bridgehead atoms. The summed E-state index contributed by atoms with van der Waals surface area (Å²) in [6.45, 7) is 0. The lowest BCUT2D eigenvalue weighted by Crippen LogP contribution is -2.05. The highest BCUT2D eigenvalue weighted by Crippen LogP contribution is 2.37. The molecular weight excluding hydrogens is 396 g/mol. The molecule has 3 aromatic carbocycles. The summed E-state index contributed by atoms with van der Waals surface area (Å²) >= 11 is 0. The number of hydrogen-bond donors (Lipinski definition) is 0. The minimum atomic E-state index is -4.68. The Kier molecular flexibility index (Phi) is 4.58. The van der Waals surface area contributed by atoms with Crippen LogP contribution < -0.4 is 4.74 Å². The molecule has 0 spiro atoms. The number of benzene rings is 3. The third kappa shape index (κ3) is 3.61. The van der Waals surface area contributed by atoms with Gasteiger partial charge in [0.05, 0.1) is 10.5 Å². The van der Waals surface area contributed by atoms with E-state index in [2.05, 4.69) is 0 Å². The highest BCUT2D eigenvalue weighted by Gasteiger charge is 2.31. The first-order chi connectivity index (χ1) is 12.1. The fourth-order valence-electron chi connectivity index (χ4n) is 2.43. The van der Waals surface area contributed by atoms with Gasteiger partial charge >= 0.3 is 6.18 Å². The quantitative estimate of drug-likeness (QED) is 0.414. The van der Waals surface area contributed by atoms with Crippen molar-refractivity contribution in [2.45, 2.75) is 11.1 Å². The van der Waals surface area contributed by atoms with Crippen molar-refractivity contribution < 1.29 is 30.7 Å². The Morgan fingerprint density at radius 3 is 2.15 bits per heavy atom. The van der Waals surface area contributed by atoms with Gasteiger partial charge in [-0.3, -0.25) is 0 Å². The molecule has 0 amide bonds. The predicted molar refractivity (Wildman–Crippen MR) is 88.5 cm³/mol. The Morgan fingerprint density at radius 1 is 0.885 bits per heavy atom. The van der Waals surface area contributed by atoms with E-state index in [1.165, 1.54) is 36.4 Å². The molecule has 3 nitrogen and oxygen atoms in total. The van der Waals surface area contributed by atoms with Gasteiger partial charge in [0.25, 0.3) is 9.05 Å². The molecule has 26 heavy (non-hydrogen) atoms. The number of rotatable bonds is 3. The van der Waals surface area contributed by atoms with Gasteiger partial charge in [0.2, 0.25) is 0 Å². The van der Waals surface area contributed by atoms with Gasteiger partial charge in [-0.15, -0.1) is 0 Å². The average molecular weight is 405 g/mol. The molecule has 3 rings (SSSR count). The van der Waals surface area contributed by atoms with Crippen molar-refractivity contribution in [2.75, 3.05) is 0 Å². The SMILES string of the molecule is O=S(=O)(Cl)c1cccc2c(Oc3ccc(C(F)(F)F)cc3F)cccc12. The molecule has 0 aliphatic carbocycles. The zero-order chi connectivity index (χ0) is 19.1. The Bertz CT molecular complexity index is 1090. The standard InChI is InChI=1S/C17H9ClF4O3S/c18-26(23,24)16-6-2-3-11-12(16)4-1-5-14(11)25-15-8-7-10(9-13(15)19)17(20,21)22/h1-9H. The van der Waals surface area contributed by atoms with Crippen LogP contribution in [0.25, 0.3) is 10.8 Å². The Labute approximate surface area is 150 Å². The molecule has 0 aromatic heterocycles. The van der Waals surface area contributed by atoms with Gasteiger partial charge in [-0.25, -0.2) is 12.8 Å². The Balaban J connectivity index is 2.08. The topological polar surface area (TPSA) is 43.4 Å². The van der Waals surface area contributed by atoms with Crippen LogP contribution in [0.15, 0.2) is 59.5 Å². The van der Waals surface area contributed by atoms with E-state index in [4.69, 9.17) is 15.4 Å². The molecule has 0 radical (unpaired) electrons. The molecule has 0 heterocycles. The first-order valence-electron chi connectivity index (χ1n) is 7.08. The molecule has 0 saturated heterocycles. The highest BCUT2D eigenvalue weighted by molar-refractivity contribution is 8.14. The summed E-state index contributed by atoms with van der Waals surface area (Å²) in [5.74, 6) is -1.55. The van der Waals surface area contributed by atoms with Crippen LogP contribution in [-0.4, -0.2) is 8.42 Å². The zero-order valence-electron chi connectivity index (χ0n) is 12.7. The van der Waals surface area contributed by atoms with Gasteiger partial charge in [0.15, 0.2) is 11.6 Å². The number of fused-ring (bicyclic) bond motifs is 1. The molecule has 0 atom stereocenters. The highest BCUT2D eigenvalue weighted by atomic mass is 35.7. The van der Waals surface area contributed by atoms with E-state index in [9.17, 15) is 26.0 Å². The summed E-state index contributed by atoms with van der Waals surface area (Å²) in [6, 6.07) is 10.5. The monoisotopic (exact) mass is 404 g/mol. The van der Waals surface area contributed by atoms with Crippen molar-refractivity contribution >= 4 is 30.5 Å². The number of halogens is 5. The first-order valence-corrected chi connectivity index (χ1v) is 9.39. The van der Waals surface area contributed by atoms with Crippen LogP contribution in [0.5, 0.6) is 11.5 Å². The van der Waals surface area contributed by atoms with Gasteiger partial charge in [0.1, 0.15) is 5.75 Å². The maximum atomic E-state index is 14.0. The van der Waals surface area contributed by atoms with Crippen molar-refractivity contribution in [2.24, 2.45) is 0 Å². The van der Waals surface area contributed by atoms with Crippen molar-refractivity contribution in [3.63, 3.8) is 0 Å². The molecule has 0 unspecified atom stereocenters. The van der Waals surface area contributed by atoms with Gasteiger partial charge in [-0.2, -0.15) is 13.2 Å². The lowest BCUT2D eigenvalue weighted by Gasteiger charge is -2.12. The maximum Gasteiger partial charge on any atom is 0.416 e. The van der Waals surface area contributed by atoms with Gasteiger partial charge in [-0.05, 0) is 30.3 Å². The molecule has 9 heteroatoms. The van der Waals surface area contributed by atoms with E-state index in [1.807, 2.05) is 0 Å². The van der Waals surface area contributed by atoms with Crippen LogP contribution in [0.2, 0.25) is 0 Å². The molecule has 0 aliphatic rings. The number of hydrogen-bond acceptors (Lipinski definition) is 3. The second kappa shape index (κ2) is 6.44. The van der Waals surface area contributed by atoms with E-state index in [0.717, 1.165) is 6.07 Å². The van der Waals surface area contributed by atoms with Crippen molar-refractivity contribution in [1.82, 2.24) is 0 Å². The summed E-state index contributed by atoms with van der Waals surface area (Å²) in [7, 11) is 1.37. The van der Waals surface area contributed by atoms with Crippen molar-refractivity contribution in [3.05, 3.63) is 66.0 Å². The summed E-state index contributed by atoms with van der Waals surface area (Å²) in [4.78, 5) is -0.157. The van der Waals surface area contributed by atoms with E-state index in [1.54, 1.807) is 0 Å². The Hall–Kier alpha value is -2.32. The number of alkyl halides is 3. The average Bonchev–Trinajstić information content (AvgIpc) is 2.54. The fraction of sp³-hybridized carbons (Fsp3) is 0.0588. The summed E-state index contributed by atoms with van der Waals surface area (Å²) in [5.41, 5.74) is -1.14. The predicted octanol–water partition coefficient (Wildman–Crippen LogP) is 5.72. The summed E-state index contributed by atoms with van der Waals surface area (Å²) < 4.78 is 80.5. The molecular formula is C17H9ClF4O3S. The Morgan fingerprint density at radius 2 is 1.54 bits per heavy atom. The molecule has 136 valence electrons. The van der Waals surface area contributed by atoms with Crippen LogP contribution in [0.1, 0.15) is 5.56 Å². The van der Waals surface area contributed by atoms with E-state index in [0.29, 0.717) is 17.5 Å². The summed E-state index contributed by atoms with van der Waals surface area (Å²) in [5, 5.41) is 0.556. The van der Waals surface area contributed by atoms with Crippen LogP contribution in [0.3, 0.4) is 0 Å². The van der Waals surface area contributed by atoms with Gasteiger partial charge in [0, 0.05) is 21.5 Å². The van der Waals surface area contributed by atoms with E-state index < -0.39 is 32.4 Å². The van der Waals surface area contributed by atoms with Gasteiger partial charge in [-0.1, -0.05) is 24.3 Å². The molecule has 0 aliphatic heterocycles. The van der Waals surface area contributed by atoms with Gasteiger partial charge < -0.3 is 4.74 Å². The third-order valence-corrected chi connectivity index (χ3v) is 4.96. The van der Waals surface area contributed by atoms with Crippen LogP contribution in [0.4, 0.5) is 17.6 Å². The number of ether oxygens (including phenoxy) is 1. The first kappa shape index (κ1) is 18.5. The normalized spacial score (nSPS) is 12.3. The molecule has 0 saturated carbocycles. The molecule has 0 N–H and O–H groups in total. The minimum absolute atomic E-state index is 0.0725. The van der Waals surface area contributed by atoms with Crippen LogP contribution >= 0.6 is 10.7 Å². The van der Waals surface area contributed by atoms with Crippen LogP contribution in [0, 0.1) is 5.82 Å². The fourth-order valence-corrected chi connectivity index (χ4v) is 3.52. The zero-order valence-corrected chi connectivity index (χ0v) is 14.3. The molecule has 3 aromatic rings. The van der Waals surface area contributed by atoms with E-state index >= 15 is 0 Å². The smallest absolute Gasteiger partial charge is 0.416 e. The van der Waals surface area contributed by atoms with E-state index in [-0.39, 0.29) is 16.0 Å². The minimum Gasteiger partial charge on any atom is -0.454 e. The van der Waals surface area contributed by atoms with Crippen LogP contribution in [-0.2, 0) is 15.2 Å².